The van der Waals surface area contributed by atoms with Crippen molar-refractivity contribution < 1.29 is 19.1 Å². The van der Waals surface area contributed by atoms with Gasteiger partial charge in [-0.1, -0.05) is 47.6 Å². The van der Waals surface area contributed by atoms with Gasteiger partial charge in [-0.2, -0.15) is 0 Å². The van der Waals surface area contributed by atoms with Crippen molar-refractivity contribution in [3.05, 3.63) is 95.1 Å². The minimum absolute atomic E-state index is 0.0230. The van der Waals surface area contributed by atoms with Gasteiger partial charge in [0.15, 0.2) is 6.61 Å². The van der Waals surface area contributed by atoms with E-state index in [2.05, 4.69) is 29.2 Å². The summed E-state index contributed by atoms with van der Waals surface area (Å²) in [4.78, 5) is 22.4. The van der Waals surface area contributed by atoms with Crippen LogP contribution in [-0.2, 0) is 22.7 Å². The highest BCUT2D eigenvalue weighted by atomic mass is 16.6. The summed E-state index contributed by atoms with van der Waals surface area (Å²) in [6, 6.07) is 23.8. The van der Waals surface area contributed by atoms with Crippen molar-refractivity contribution in [2.45, 2.75) is 20.0 Å². The highest BCUT2D eigenvalue weighted by molar-refractivity contribution is 6.01. The molecule has 1 heterocycles. The standard InChI is InChI=1S/C30H35N3O4/c1-23-19-26(11-14-29(23)36-22-30(34)33-17-15-32(2)16-18-33)28(20-24-7-5-4-6-8-24)31-37-21-25-9-12-27(35-3)13-10-25/h4-14,19H,15-18,20-22H2,1-3H3/b31-28+. The highest BCUT2D eigenvalue weighted by Gasteiger charge is 2.19. The number of rotatable bonds is 10. The number of likely N-dealkylation sites (N-methyl/N-ethyl adjacent to an activating group) is 1. The van der Waals surface area contributed by atoms with Gasteiger partial charge in [0.25, 0.3) is 5.91 Å². The first kappa shape index (κ1) is 26.2. The first-order chi connectivity index (χ1) is 18.0. The van der Waals surface area contributed by atoms with Crippen LogP contribution in [0.4, 0.5) is 0 Å². The molecule has 0 bridgehead atoms. The molecule has 7 heteroatoms. The maximum absolute atomic E-state index is 12.6. The Morgan fingerprint density at radius 3 is 2.32 bits per heavy atom. The molecule has 3 aromatic carbocycles. The Bertz CT molecular complexity index is 1190. The van der Waals surface area contributed by atoms with Crippen LogP contribution in [0.15, 0.2) is 78.0 Å². The van der Waals surface area contributed by atoms with Crippen LogP contribution in [-0.4, -0.2) is 68.4 Å². The number of carbonyl (C=O) groups excluding carboxylic acids is 1. The van der Waals surface area contributed by atoms with Crippen LogP contribution in [0, 0.1) is 6.92 Å². The lowest BCUT2D eigenvalue weighted by Crippen LogP contribution is -2.48. The molecule has 1 amide bonds. The highest BCUT2D eigenvalue weighted by Crippen LogP contribution is 2.21. The summed E-state index contributed by atoms with van der Waals surface area (Å²) in [5, 5.41) is 4.52. The number of hydrogen-bond acceptors (Lipinski definition) is 6. The average molecular weight is 502 g/mol. The van der Waals surface area contributed by atoms with Gasteiger partial charge in [0.2, 0.25) is 0 Å². The Morgan fingerprint density at radius 2 is 1.65 bits per heavy atom. The fourth-order valence-corrected chi connectivity index (χ4v) is 4.16. The number of hydrogen-bond donors (Lipinski definition) is 0. The molecule has 3 aromatic rings. The lowest BCUT2D eigenvalue weighted by Gasteiger charge is -2.32. The van der Waals surface area contributed by atoms with Crippen LogP contribution in [0.2, 0.25) is 0 Å². The fourth-order valence-electron chi connectivity index (χ4n) is 4.16. The number of carbonyl (C=O) groups is 1. The number of benzene rings is 3. The summed E-state index contributed by atoms with van der Waals surface area (Å²) in [7, 11) is 3.72. The smallest absolute Gasteiger partial charge is 0.260 e. The largest absolute Gasteiger partial charge is 0.497 e. The van der Waals surface area contributed by atoms with Crippen LogP contribution >= 0.6 is 0 Å². The van der Waals surface area contributed by atoms with Gasteiger partial charge in [-0.15, -0.1) is 0 Å². The molecule has 0 spiro atoms. The first-order valence-corrected chi connectivity index (χ1v) is 12.6. The predicted octanol–water partition coefficient (Wildman–Crippen LogP) is 4.32. The van der Waals surface area contributed by atoms with E-state index in [1.165, 1.54) is 0 Å². The van der Waals surface area contributed by atoms with Crippen LogP contribution in [0.25, 0.3) is 0 Å². The lowest BCUT2D eigenvalue weighted by atomic mass is 10.0. The third kappa shape index (κ3) is 7.57. The average Bonchev–Trinajstić information content (AvgIpc) is 2.93. The molecule has 194 valence electrons. The molecule has 1 saturated heterocycles. The van der Waals surface area contributed by atoms with Gasteiger partial charge >= 0.3 is 0 Å². The van der Waals surface area contributed by atoms with Crippen LogP contribution in [0.5, 0.6) is 11.5 Å². The molecule has 4 rings (SSSR count). The van der Waals surface area contributed by atoms with Gasteiger partial charge in [0.1, 0.15) is 18.1 Å². The zero-order valence-electron chi connectivity index (χ0n) is 21.9. The molecule has 1 aliphatic heterocycles. The Balaban J connectivity index is 1.44. The topological polar surface area (TPSA) is 63.6 Å². The number of nitrogens with zero attached hydrogens (tertiary/aromatic N) is 3. The van der Waals surface area contributed by atoms with Gasteiger partial charge in [-0.3, -0.25) is 4.79 Å². The van der Waals surface area contributed by atoms with E-state index >= 15 is 0 Å². The lowest BCUT2D eigenvalue weighted by molar-refractivity contribution is -0.134. The van der Waals surface area contributed by atoms with Gasteiger partial charge in [-0.25, -0.2) is 0 Å². The Labute approximate surface area is 219 Å². The molecule has 0 radical (unpaired) electrons. The minimum Gasteiger partial charge on any atom is -0.497 e. The maximum atomic E-state index is 12.6. The zero-order valence-corrected chi connectivity index (χ0v) is 21.9. The van der Waals surface area contributed by atoms with E-state index in [-0.39, 0.29) is 12.5 Å². The number of oxime groups is 1. The summed E-state index contributed by atoms with van der Waals surface area (Å²) in [6.07, 6.45) is 0.630. The van der Waals surface area contributed by atoms with Crippen LogP contribution in [0.1, 0.15) is 22.3 Å². The van der Waals surface area contributed by atoms with Gasteiger partial charge in [0.05, 0.1) is 12.8 Å². The van der Waals surface area contributed by atoms with E-state index in [4.69, 9.17) is 14.3 Å². The third-order valence-corrected chi connectivity index (χ3v) is 6.49. The number of piperazine rings is 1. The molecule has 1 fully saturated rings. The monoisotopic (exact) mass is 501 g/mol. The molecule has 1 aliphatic rings. The van der Waals surface area contributed by atoms with E-state index in [1.807, 2.05) is 72.5 Å². The number of aryl methyl sites for hydroxylation is 1. The molecule has 0 aromatic heterocycles. The zero-order chi connectivity index (χ0) is 26.0. The SMILES string of the molecule is COc1ccc(CO/N=C(\Cc2ccccc2)c2ccc(OCC(=O)N3CCN(C)CC3)c(C)c2)cc1. The van der Waals surface area contributed by atoms with Crippen molar-refractivity contribution in [1.82, 2.24) is 9.80 Å². The second-order valence-corrected chi connectivity index (χ2v) is 9.27. The van der Waals surface area contributed by atoms with E-state index in [1.54, 1.807) is 7.11 Å². The van der Waals surface area contributed by atoms with Gasteiger partial charge in [-0.05, 0) is 61.0 Å². The fraction of sp³-hybridized carbons (Fsp3) is 0.333. The molecule has 0 saturated carbocycles. The second-order valence-electron chi connectivity index (χ2n) is 9.27. The molecule has 0 atom stereocenters. The Hall–Kier alpha value is -3.84. The van der Waals surface area contributed by atoms with E-state index < -0.39 is 0 Å². The van der Waals surface area contributed by atoms with E-state index in [0.717, 1.165) is 59.9 Å². The van der Waals surface area contributed by atoms with E-state index in [9.17, 15) is 4.79 Å². The Kier molecular flexibility index (Phi) is 9.16. The Morgan fingerprint density at radius 1 is 0.919 bits per heavy atom. The molecule has 7 nitrogen and oxygen atoms in total. The predicted molar refractivity (Wildman–Crippen MR) is 145 cm³/mol. The molecular weight excluding hydrogens is 466 g/mol. The van der Waals surface area contributed by atoms with Gasteiger partial charge in [0, 0.05) is 38.2 Å². The molecule has 0 unspecified atom stereocenters. The summed E-state index contributed by atoms with van der Waals surface area (Å²) in [5.74, 6) is 1.53. The third-order valence-electron chi connectivity index (χ3n) is 6.49. The molecule has 37 heavy (non-hydrogen) atoms. The molecule has 0 aliphatic carbocycles. The summed E-state index contributed by atoms with van der Waals surface area (Å²) >= 11 is 0. The first-order valence-electron chi connectivity index (χ1n) is 12.6. The second kappa shape index (κ2) is 12.9. The van der Waals surface area contributed by atoms with Gasteiger partial charge < -0.3 is 24.1 Å². The van der Waals surface area contributed by atoms with Crippen molar-refractivity contribution >= 4 is 11.6 Å². The number of ether oxygens (including phenoxy) is 2. The van der Waals surface area contributed by atoms with Crippen molar-refractivity contribution in [3.63, 3.8) is 0 Å². The van der Waals surface area contributed by atoms with Crippen molar-refractivity contribution in [3.8, 4) is 11.5 Å². The molecule has 0 N–H and O–H groups in total. The van der Waals surface area contributed by atoms with E-state index in [0.29, 0.717) is 18.8 Å². The molecular formula is C30H35N3O4. The summed E-state index contributed by atoms with van der Waals surface area (Å²) < 4.78 is 11.1. The number of amides is 1. The van der Waals surface area contributed by atoms with Crippen LogP contribution in [0.3, 0.4) is 0 Å². The quantitative estimate of drug-likeness (QED) is 0.306. The minimum atomic E-state index is 0.0230. The van der Waals surface area contributed by atoms with Crippen molar-refractivity contribution in [2.75, 3.05) is 46.9 Å². The number of methoxy groups -OCH3 is 1. The van der Waals surface area contributed by atoms with Crippen LogP contribution < -0.4 is 9.47 Å². The normalized spacial score (nSPS) is 14.4. The maximum Gasteiger partial charge on any atom is 0.260 e. The summed E-state index contributed by atoms with van der Waals surface area (Å²) in [5.41, 5.74) is 4.87. The summed E-state index contributed by atoms with van der Waals surface area (Å²) in [6.45, 7) is 5.65. The van der Waals surface area contributed by atoms with Crippen molar-refractivity contribution in [2.24, 2.45) is 5.16 Å². The van der Waals surface area contributed by atoms with Crippen molar-refractivity contribution in [1.29, 1.82) is 0 Å².